The number of hydrogen-bond donors (Lipinski definition) is 1. The van der Waals surface area contributed by atoms with E-state index in [-0.39, 0.29) is 0 Å². The Balaban J connectivity index is 1.97. The van der Waals surface area contributed by atoms with E-state index in [0.29, 0.717) is 0 Å². The van der Waals surface area contributed by atoms with E-state index in [1.807, 2.05) is 19.4 Å². The normalized spacial score (nSPS) is 10.9. The summed E-state index contributed by atoms with van der Waals surface area (Å²) < 4.78 is 2.10. The summed E-state index contributed by atoms with van der Waals surface area (Å²) >= 11 is 1.73. The Kier molecular flexibility index (Phi) is 3.69. The molecule has 0 bridgehead atoms. The van der Waals surface area contributed by atoms with Gasteiger partial charge in [0.05, 0.1) is 23.6 Å². The lowest BCUT2D eigenvalue weighted by molar-refractivity contribution is 0.712. The van der Waals surface area contributed by atoms with Crippen molar-refractivity contribution >= 4 is 11.3 Å². The van der Waals surface area contributed by atoms with Crippen molar-refractivity contribution in [2.45, 2.75) is 26.9 Å². The van der Waals surface area contributed by atoms with Gasteiger partial charge < -0.3 is 9.88 Å². The van der Waals surface area contributed by atoms with Gasteiger partial charge in [0.2, 0.25) is 0 Å². The molecule has 0 atom stereocenters. The third-order valence-electron chi connectivity index (χ3n) is 2.25. The molecule has 0 aliphatic carbocycles. The highest BCUT2D eigenvalue weighted by Gasteiger charge is 2.01. The lowest BCUT2D eigenvalue weighted by Gasteiger charge is -1.98. The van der Waals surface area contributed by atoms with Gasteiger partial charge in [0.25, 0.3) is 0 Å². The fraction of sp³-hybridized carbons (Fsp3) is 0.455. The van der Waals surface area contributed by atoms with Gasteiger partial charge in [-0.2, -0.15) is 0 Å². The second kappa shape index (κ2) is 5.23. The predicted molar refractivity (Wildman–Crippen MR) is 65.6 cm³/mol. The Morgan fingerprint density at radius 2 is 2.31 bits per heavy atom. The van der Waals surface area contributed by atoms with Crippen LogP contribution in [-0.2, 0) is 13.1 Å². The maximum Gasteiger partial charge on any atom is 0.0953 e. The molecule has 0 fully saturated rings. The van der Waals surface area contributed by atoms with E-state index in [1.165, 1.54) is 4.88 Å². The lowest BCUT2D eigenvalue weighted by Crippen LogP contribution is -2.11. The fourth-order valence-corrected chi connectivity index (χ4v) is 2.30. The standard InChI is InChI=1S/C11H16N4S/c1-3-12-4-10-6-15(8-14-10)7-11-5-13-9(2)16-11/h5-6,8,12H,3-4,7H2,1-2H3. The monoisotopic (exact) mass is 236 g/mol. The van der Waals surface area contributed by atoms with E-state index in [1.54, 1.807) is 11.3 Å². The highest BCUT2D eigenvalue weighted by molar-refractivity contribution is 7.11. The molecule has 0 aromatic carbocycles. The van der Waals surface area contributed by atoms with Crippen molar-refractivity contribution in [3.8, 4) is 0 Å². The molecule has 1 N–H and O–H groups in total. The van der Waals surface area contributed by atoms with Gasteiger partial charge in [-0.1, -0.05) is 6.92 Å². The summed E-state index contributed by atoms with van der Waals surface area (Å²) in [6.45, 7) is 6.80. The van der Waals surface area contributed by atoms with Crippen LogP contribution in [-0.4, -0.2) is 21.1 Å². The van der Waals surface area contributed by atoms with Gasteiger partial charge in [-0.05, 0) is 13.5 Å². The molecule has 0 aliphatic heterocycles. The number of thiazole rings is 1. The maximum atomic E-state index is 4.34. The molecule has 0 radical (unpaired) electrons. The molecule has 86 valence electrons. The molecular weight excluding hydrogens is 220 g/mol. The van der Waals surface area contributed by atoms with Crippen molar-refractivity contribution in [1.82, 2.24) is 19.9 Å². The van der Waals surface area contributed by atoms with Crippen molar-refractivity contribution in [1.29, 1.82) is 0 Å². The zero-order chi connectivity index (χ0) is 11.4. The topological polar surface area (TPSA) is 42.7 Å². The molecule has 0 amide bonds. The van der Waals surface area contributed by atoms with Gasteiger partial charge in [0.15, 0.2) is 0 Å². The summed E-state index contributed by atoms with van der Waals surface area (Å²) in [7, 11) is 0. The van der Waals surface area contributed by atoms with Crippen molar-refractivity contribution in [2.75, 3.05) is 6.54 Å². The van der Waals surface area contributed by atoms with Gasteiger partial charge in [-0.15, -0.1) is 11.3 Å². The van der Waals surface area contributed by atoms with Crippen LogP contribution in [0.1, 0.15) is 22.5 Å². The van der Waals surface area contributed by atoms with Crippen LogP contribution in [0.3, 0.4) is 0 Å². The largest absolute Gasteiger partial charge is 0.332 e. The van der Waals surface area contributed by atoms with Crippen molar-refractivity contribution in [3.05, 3.63) is 34.3 Å². The second-order valence-electron chi connectivity index (χ2n) is 3.66. The molecule has 0 saturated carbocycles. The van der Waals surface area contributed by atoms with Crippen molar-refractivity contribution in [2.24, 2.45) is 0 Å². The van der Waals surface area contributed by atoms with Crippen LogP contribution < -0.4 is 5.32 Å². The van der Waals surface area contributed by atoms with E-state index in [9.17, 15) is 0 Å². The van der Waals surface area contributed by atoms with Gasteiger partial charge in [0.1, 0.15) is 0 Å². The zero-order valence-electron chi connectivity index (χ0n) is 9.60. The van der Waals surface area contributed by atoms with E-state index in [0.717, 1.165) is 30.3 Å². The Morgan fingerprint density at radius 1 is 1.44 bits per heavy atom. The quantitative estimate of drug-likeness (QED) is 0.861. The average molecular weight is 236 g/mol. The number of nitrogens with zero attached hydrogens (tertiary/aromatic N) is 3. The molecule has 2 aromatic heterocycles. The summed E-state index contributed by atoms with van der Waals surface area (Å²) in [5.41, 5.74) is 1.09. The maximum absolute atomic E-state index is 4.34. The summed E-state index contributed by atoms with van der Waals surface area (Å²) in [5, 5.41) is 4.37. The van der Waals surface area contributed by atoms with Crippen LogP contribution in [0.15, 0.2) is 18.7 Å². The number of imidazole rings is 1. The minimum atomic E-state index is 0.839. The highest BCUT2D eigenvalue weighted by atomic mass is 32.1. The van der Waals surface area contributed by atoms with Crippen LogP contribution in [0.4, 0.5) is 0 Å². The molecule has 2 rings (SSSR count). The molecule has 0 spiro atoms. The lowest BCUT2D eigenvalue weighted by atomic mass is 10.4. The second-order valence-corrected chi connectivity index (χ2v) is 4.98. The third-order valence-corrected chi connectivity index (χ3v) is 3.15. The molecule has 0 aliphatic rings. The van der Waals surface area contributed by atoms with Gasteiger partial charge in [-0.3, -0.25) is 0 Å². The number of hydrogen-bond acceptors (Lipinski definition) is 4. The summed E-state index contributed by atoms with van der Waals surface area (Å²) in [4.78, 5) is 9.85. The third kappa shape index (κ3) is 2.90. The van der Waals surface area contributed by atoms with E-state index in [2.05, 4.69) is 33.0 Å². The van der Waals surface area contributed by atoms with Crippen LogP contribution in [0, 0.1) is 6.92 Å². The molecule has 16 heavy (non-hydrogen) atoms. The molecule has 2 aromatic rings. The number of aromatic nitrogens is 3. The Bertz CT molecular complexity index is 446. The van der Waals surface area contributed by atoms with E-state index < -0.39 is 0 Å². The van der Waals surface area contributed by atoms with Gasteiger partial charge in [0, 0.05) is 23.8 Å². The molecule has 4 nitrogen and oxygen atoms in total. The molecule has 5 heteroatoms. The molecular formula is C11H16N4S. The smallest absolute Gasteiger partial charge is 0.0953 e. The van der Waals surface area contributed by atoms with Crippen LogP contribution in [0.2, 0.25) is 0 Å². The molecule has 0 saturated heterocycles. The minimum absolute atomic E-state index is 0.839. The first-order chi connectivity index (χ1) is 7.78. The van der Waals surface area contributed by atoms with Gasteiger partial charge in [-0.25, -0.2) is 9.97 Å². The number of rotatable bonds is 5. The zero-order valence-corrected chi connectivity index (χ0v) is 10.4. The van der Waals surface area contributed by atoms with Crippen molar-refractivity contribution < 1.29 is 0 Å². The van der Waals surface area contributed by atoms with Crippen LogP contribution in [0.25, 0.3) is 0 Å². The number of aryl methyl sites for hydroxylation is 1. The van der Waals surface area contributed by atoms with Crippen molar-refractivity contribution in [3.63, 3.8) is 0 Å². The molecule has 0 unspecified atom stereocenters. The highest BCUT2D eigenvalue weighted by Crippen LogP contribution is 2.13. The average Bonchev–Trinajstić information content (AvgIpc) is 2.86. The fourth-order valence-electron chi connectivity index (χ4n) is 1.50. The summed E-state index contributed by atoms with van der Waals surface area (Å²) in [5.74, 6) is 0. The number of nitrogens with one attached hydrogen (secondary N) is 1. The SMILES string of the molecule is CCNCc1cn(Cc2cnc(C)s2)cn1. The van der Waals surface area contributed by atoms with Crippen LogP contribution in [0.5, 0.6) is 0 Å². The van der Waals surface area contributed by atoms with E-state index >= 15 is 0 Å². The summed E-state index contributed by atoms with van der Waals surface area (Å²) in [6.07, 6.45) is 5.89. The van der Waals surface area contributed by atoms with Gasteiger partial charge >= 0.3 is 0 Å². The van der Waals surface area contributed by atoms with E-state index in [4.69, 9.17) is 0 Å². The Morgan fingerprint density at radius 3 is 3.00 bits per heavy atom. The summed E-state index contributed by atoms with van der Waals surface area (Å²) in [6, 6.07) is 0. The predicted octanol–water partition coefficient (Wildman–Crippen LogP) is 1.81. The first-order valence-corrected chi connectivity index (χ1v) is 6.22. The Hall–Kier alpha value is -1.20. The Labute approximate surface area is 99.4 Å². The molecule has 2 heterocycles. The minimum Gasteiger partial charge on any atom is -0.332 e. The van der Waals surface area contributed by atoms with Crippen LogP contribution >= 0.6 is 11.3 Å². The first-order valence-electron chi connectivity index (χ1n) is 5.40. The first kappa shape index (κ1) is 11.3.